The zero-order valence-corrected chi connectivity index (χ0v) is 9.19. The highest BCUT2D eigenvalue weighted by atomic mass is 16.4. The van der Waals surface area contributed by atoms with E-state index < -0.39 is 5.97 Å². The first kappa shape index (κ1) is 10.4. The first-order valence-corrected chi connectivity index (χ1v) is 5.25. The van der Waals surface area contributed by atoms with E-state index in [0.29, 0.717) is 16.7 Å². The topological polar surface area (TPSA) is 80.9 Å². The molecule has 2 aromatic heterocycles. The van der Waals surface area contributed by atoms with Gasteiger partial charge in [-0.1, -0.05) is 18.2 Å². The van der Waals surface area contributed by atoms with E-state index in [4.69, 9.17) is 0 Å². The third-order valence-corrected chi connectivity index (χ3v) is 2.56. The summed E-state index contributed by atoms with van der Waals surface area (Å²) in [4.78, 5) is 16.9. The molecule has 0 fully saturated rings. The number of benzene rings is 1. The molecule has 1 N–H and O–H groups in total. The lowest BCUT2D eigenvalue weighted by molar-refractivity contribution is 0.0699. The van der Waals surface area contributed by atoms with E-state index in [9.17, 15) is 9.90 Å². The molecule has 0 aliphatic heterocycles. The summed E-state index contributed by atoms with van der Waals surface area (Å²) < 4.78 is 0. The molecule has 0 spiro atoms. The quantitative estimate of drug-likeness (QED) is 0.734. The van der Waals surface area contributed by atoms with Crippen molar-refractivity contribution in [2.75, 3.05) is 0 Å². The second-order valence-electron chi connectivity index (χ2n) is 3.67. The minimum atomic E-state index is -0.998. The normalized spacial score (nSPS) is 10.7. The Hall–Kier alpha value is -2.76. The minimum absolute atomic E-state index is 0.188. The molecule has 0 atom stereocenters. The summed E-state index contributed by atoms with van der Waals surface area (Å²) in [5, 5.41) is 17.7. The number of aromatic carboxylic acids is 1. The van der Waals surface area contributed by atoms with Crippen molar-refractivity contribution in [3.05, 3.63) is 48.3 Å². The average molecular weight is 240 g/mol. The fourth-order valence-corrected chi connectivity index (χ4v) is 1.77. The fraction of sp³-hybridized carbons (Fsp3) is 0. The molecule has 0 saturated heterocycles. The molecule has 18 heavy (non-hydrogen) atoms. The molecule has 1 aromatic carbocycles. The molecule has 2 heterocycles. The van der Waals surface area contributed by atoms with Gasteiger partial charge >= 0.3 is 5.97 Å². The minimum Gasteiger partial charge on any atom is -0.478 e. The maximum Gasteiger partial charge on any atom is 0.336 e. The lowest BCUT2D eigenvalue weighted by Gasteiger charge is -2.05. The number of rotatable bonds is 2. The fourth-order valence-electron chi connectivity index (χ4n) is 1.77. The second kappa shape index (κ2) is 3.92. The van der Waals surface area contributed by atoms with E-state index in [2.05, 4.69) is 15.2 Å². The average Bonchev–Trinajstić information content (AvgIpc) is 2.91. The molecular weight excluding hydrogens is 232 g/mol. The first-order chi connectivity index (χ1) is 8.75. The monoisotopic (exact) mass is 240 g/mol. The summed E-state index contributed by atoms with van der Waals surface area (Å²) in [7, 11) is 0. The van der Waals surface area contributed by atoms with Crippen molar-refractivity contribution < 1.29 is 9.90 Å². The Bertz CT molecular complexity index is 722. The summed E-state index contributed by atoms with van der Waals surface area (Å²) in [5.74, 6) is -0.613. The maximum atomic E-state index is 11.3. The molecule has 0 saturated carbocycles. The van der Waals surface area contributed by atoms with Crippen LogP contribution < -0.4 is 0 Å². The van der Waals surface area contributed by atoms with Crippen LogP contribution in [0.4, 0.5) is 0 Å². The van der Waals surface area contributed by atoms with E-state index in [1.165, 1.54) is 23.3 Å². The van der Waals surface area contributed by atoms with Crippen molar-refractivity contribution in [3.63, 3.8) is 0 Å². The zero-order valence-electron chi connectivity index (χ0n) is 9.19. The molecule has 88 valence electrons. The highest BCUT2D eigenvalue weighted by molar-refractivity contribution is 6.02. The van der Waals surface area contributed by atoms with Crippen molar-refractivity contribution in [1.82, 2.24) is 20.0 Å². The summed E-state index contributed by atoms with van der Waals surface area (Å²) >= 11 is 0. The van der Waals surface area contributed by atoms with Gasteiger partial charge in [-0.05, 0) is 12.1 Å². The van der Waals surface area contributed by atoms with Crippen LogP contribution in [0.1, 0.15) is 10.4 Å². The summed E-state index contributed by atoms with van der Waals surface area (Å²) in [6, 6.07) is 8.54. The van der Waals surface area contributed by atoms with Crippen LogP contribution in [0, 0.1) is 0 Å². The molecular formula is C12H8N4O2. The molecule has 0 aliphatic rings. The van der Waals surface area contributed by atoms with E-state index in [1.54, 1.807) is 24.3 Å². The van der Waals surface area contributed by atoms with Crippen LogP contribution in [0.25, 0.3) is 16.7 Å². The number of carboxylic acid groups (broad SMARTS) is 1. The maximum absolute atomic E-state index is 11.3. The van der Waals surface area contributed by atoms with Crippen LogP contribution in [0.15, 0.2) is 42.7 Å². The van der Waals surface area contributed by atoms with Crippen LogP contribution in [0.3, 0.4) is 0 Å². The number of carboxylic acids is 1. The first-order valence-electron chi connectivity index (χ1n) is 5.25. The van der Waals surface area contributed by atoms with Gasteiger partial charge in [0.1, 0.15) is 0 Å². The molecule has 3 rings (SSSR count). The molecule has 0 amide bonds. The van der Waals surface area contributed by atoms with E-state index in [1.807, 2.05) is 0 Å². The van der Waals surface area contributed by atoms with Crippen LogP contribution in [0.2, 0.25) is 0 Å². The molecule has 6 nitrogen and oxygen atoms in total. The number of aromatic nitrogens is 4. The third-order valence-electron chi connectivity index (χ3n) is 2.56. The second-order valence-corrected chi connectivity index (χ2v) is 3.67. The number of hydrogen-bond donors (Lipinski definition) is 1. The van der Waals surface area contributed by atoms with Gasteiger partial charge in [0.05, 0.1) is 23.5 Å². The van der Waals surface area contributed by atoms with Gasteiger partial charge < -0.3 is 5.11 Å². The van der Waals surface area contributed by atoms with Gasteiger partial charge in [-0.2, -0.15) is 10.2 Å². The number of pyridine rings is 1. The highest BCUT2D eigenvalue weighted by Gasteiger charge is 2.12. The molecule has 0 unspecified atom stereocenters. The Morgan fingerprint density at radius 1 is 1.17 bits per heavy atom. The van der Waals surface area contributed by atoms with Crippen molar-refractivity contribution in [2.45, 2.75) is 0 Å². The third kappa shape index (κ3) is 1.60. The van der Waals surface area contributed by atoms with Gasteiger partial charge in [-0.3, -0.25) is 0 Å². The van der Waals surface area contributed by atoms with Gasteiger partial charge in [0.15, 0.2) is 5.82 Å². The SMILES string of the molecule is O=C(O)c1cc(-n2nccn2)nc2ccccc12. The predicted molar refractivity (Wildman–Crippen MR) is 63.6 cm³/mol. The van der Waals surface area contributed by atoms with Crippen LogP contribution in [0.5, 0.6) is 0 Å². The largest absolute Gasteiger partial charge is 0.478 e. The smallest absolute Gasteiger partial charge is 0.336 e. The van der Waals surface area contributed by atoms with E-state index >= 15 is 0 Å². The lowest BCUT2D eigenvalue weighted by atomic mass is 10.1. The van der Waals surface area contributed by atoms with Crippen molar-refractivity contribution >= 4 is 16.9 Å². The highest BCUT2D eigenvalue weighted by Crippen LogP contribution is 2.19. The molecule has 3 aromatic rings. The lowest BCUT2D eigenvalue weighted by Crippen LogP contribution is -2.06. The van der Waals surface area contributed by atoms with Crippen LogP contribution in [-0.2, 0) is 0 Å². The Kier molecular flexibility index (Phi) is 2.26. The number of para-hydroxylation sites is 1. The number of nitrogens with zero attached hydrogens (tertiary/aromatic N) is 4. The standard InChI is InChI=1S/C12H8N4O2/c17-12(18)9-7-11(16-13-5-6-14-16)15-10-4-2-1-3-8(9)10/h1-7H,(H,17,18). The van der Waals surface area contributed by atoms with Crippen molar-refractivity contribution in [1.29, 1.82) is 0 Å². The molecule has 0 radical (unpaired) electrons. The summed E-state index contributed by atoms with van der Waals surface area (Å²) in [6.45, 7) is 0. The molecule has 0 aliphatic carbocycles. The number of hydrogen-bond acceptors (Lipinski definition) is 4. The zero-order chi connectivity index (χ0) is 12.5. The summed E-state index contributed by atoms with van der Waals surface area (Å²) in [5.41, 5.74) is 0.789. The van der Waals surface area contributed by atoms with Crippen molar-refractivity contribution in [2.24, 2.45) is 0 Å². The Morgan fingerprint density at radius 3 is 2.61 bits per heavy atom. The Labute approximate surface area is 102 Å². The van der Waals surface area contributed by atoms with Gasteiger partial charge in [-0.25, -0.2) is 9.78 Å². The molecule has 6 heteroatoms. The summed E-state index contributed by atoms with van der Waals surface area (Å²) in [6.07, 6.45) is 3.02. The number of fused-ring (bicyclic) bond motifs is 1. The van der Waals surface area contributed by atoms with Crippen LogP contribution in [-0.4, -0.2) is 31.1 Å². The van der Waals surface area contributed by atoms with Gasteiger partial charge in [0.25, 0.3) is 0 Å². The number of carbonyl (C=O) groups is 1. The van der Waals surface area contributed by atoms with E-state index in [0.717, 1.165) is 0 Å². The van der Waals surface area contributed by atoms with E-state index in [-0.39, 0.29) is 5.56 Å². The molecule has 0 bridgehead atoms. The van der Waals surface area contributed by atoms with Crippen LogP contribution >= 0.6 is 0 Å². The Balaban J connectivity index is 2.33. The Morgan fingerprint density at radius 2 is 1.89 bits per heavy atom. The van der Waals surface area contributed by atoms with Gasteiger partial charge in [0, 0.05) is 5.39 Å². The van der Waals surface area contributed by atoms with Crippen molar-refractivity contribution in [3.8, 4) is 5.82 Å². The predicted octanol–water partition coefficient (Wildman–Crippen LogP) is 1.51. The van der Waals surface area contributed by atoms with Gasteiger partial charge in [0.2, 0.25) is 0 Å². The van der Waals surface area contributed by atoms with Gasteiger partial charge in [-0.15, -0.1) is 4.80 Å².